The third kappa shape index (κ3) is 3.48. The minimum atomic E-state index is -0.374. The van der Waals surface area contributed by atoms with Crippen LogP contribution in [0, 0.1) is 0 Å². The highest BCUT2D eigenvalue weighted by atomic mass is 35.5. The SMILES string of the molecule is CCOC(=O)c1oc2ccc(N(C)C)c3c2c1CN(C)CC3.Cl.Cl. The number of furan rings is 1. The lowest BCUT2D eigenvalue weighted by Gasteiger charge is -2.18. The molecule has 0 bridgehead atoms. The van der Waals surface area contributed by atoms with E-state index in [2.05, 4.69) is 22.9 Å². The number of ether oxygens (including phenoxy) is 1. The van der Waals surface area contributed by atoms with E-state index in [4.69, 9.17) is 9.15 Å². The molecule has 5 nitrogen and oxygen atoms in total. The van der Waals surface area contributed by atoms with E-state index in [9.17, 15) is 4.79 Å². The van der Waals surface area contributed by atoms with Crippen molar-refractivity contribution >= 4 is 47.4 Å². The Kier molecular flexibility index (Phi) is 6.96. The second-order valence-corrected chi connectivity index (χ2v) is 5.95. The summed E-state index contributed by atoms with van der Waals surface area (Å²) in [6.45, 7) is 3.81. The average molecular weight is 375 g/mol. The summed E-state index contributed by atoms with van der Waals surface area (Å²) in [5.41, 5.74) is 4.16. The van der Waals surface area contributed by atoms with Crippen LogP contribution in [0.2, 0.25) is 0 Å². The largest absolute Gasteiger partial charge is 0.460 e. The van der Waals surface area contributed by atoms with E-state index in [0.29, 0.717) is 18.9 Å². The van der Waals surface area contributed by atoms with Gasteiger partial charge in [0, 0.05) is 43.8 Å². The molecule has 0 amide bonds. The third-order valence-electron chi connectivity index (χ3n) is 4.15. The summed E-state index contributed by atoms with van der Waals surface area (Å²) in [7, 11) is 6.14. The summed E-state index contributed by atoms with van der Waals surface area (Å²) >= 11 is 0. The summed E-state index contributed by atoms with van der Waals surface area (Å²) in [5, 5.41) is 1.08. The minimum Gasteiger partial charge on any atom is -0.460 e. The number of hydrogen-bond donors (Lipinski definition) is 0. The number of anilines is 1. The Balaban J connectivity index is 0.00000144. The number of halogens is 2. The van der Waals surface area contributed by atoms with Crippen LogP contribution in [0.5, 0.6) is 0 Å². The normalized spacial score (nSPS) is 13.7. The van der Waals surface area contributed by atoms with Crippen LogP contribution in [0.1, 0.15) is 28.6 Å². The summed E-state index contributed by atoms with van der Waals surface area (Å²) in [6, 6.07) is 4.01. The molecule has 0 aliphatic carbocycles. The monoisotopic (exact) mass is 374 g/mol. The van der Waals surface area contributed by atoms with E-state index < -0.39 is 0 Å². The molecule has 1 aromatic heterocycles. The van der Waals surface area contributed by atoms with Crippen molar-refractivity contribution in [3.63, 3.8) is 0 Å². The van der Waals surface area contributed by atoms with Crippen molar-refractivity contribution < 1.29 is 13.9 Å². The summed E-state index contributed by atoms with van der Waals surface area (Å²) in [5.74, 6) is -0.0240. The van der Waals surface area contributed by atoms with Gasteiger partial charge < -0.3 is 19.0 Å². The van der Waals surface area contributed by atoms with Crippen molar-refractivity contribution in [2.75, 3.05) is 39.2 Å². The molecule has 0 spiro atoms. The van der Waals surface area contributed by atoms with Gasteiger partial charge in [-0.15, -0.1) is 24.8 Å². The lowest BCUT2D eigenvalue weighted by Crippen LogP contribution is -2.20. The van der Waals surface area contributed by atoms with Crippen LogP contribution in [0.25, 0.3) is 11.0 Å². The third-order valence-corrected chi connectivity index (χ3v) is 4.15. The smallest absolute Gasteiger partial charge is 0.374 e. The first kappa shape index (κ1) is 20.6. The first-order valence-corrected chi connectivity index (χ1v) is 7.63. The Morgan fingerprint density at radius 2 is 2.00 bits per heavy atom. The van der Waals surface area contributed by atoms with Gasteiger partial charge in [-0.3, -0.25) is 0 Å². The van der Waals surface area contributed by atoms with Crippen LogP contribution < -0.4 is 4.90 Å². The van der Waals surface area contributed by atoms with Gasteiger partial charge in [0.25, 0.3) is 0 Å². The van der Waals surface area contributed by atoms with Gasteiger partial charge in [-0.1, -0.05) is 0 Å². The molecule has 0 fully saturated rings. The lowest BCUT2D eigenvalue weighted by molar-refractivity contribution is 0.0489. The highest BCUT2D eigenvalue weighted by Gasteiger charge is 2.27. The Hall–Kier alpha value is -1.43. The van der Waals surface area contributed by atoms with Crippen molar-refractivity contribution in [2.45, 2.75) is 19.9 Å². The van der Waals surface area contributed by atoms with Crippen LogP contribution in [0.4, 0.5) is 5.69 Å². The van der Waals surface area contributed by atoms with Gasteiger partial charge in [-0.05, 0) is 38.1 Å². The summed E-state index contributed by atoms with van der Waals surface area (Å²) < 4.78 is 11.0. The van der Waals surface area contributed by atoms with Crippen molar-refractivity contribution in [1.29, 1.82) is 0 Å². The molecule has 3 rings (SSSR count). The molecule has 1 aromatic carbocycles. The summed E-state index contributed by atoms with van der Waals surface area (Å²) in [6.07, 6.45) is 0.941. The van der Waals surface area contributed by atoms with E-state index in [1.165, 1.54) is 11.3 Å². The van der Waals surface area contributed by atoms with Crippen molar-refractivity contribution in [3.8, 4) is 0 Å². The van der Waals surface area contributed by atoms with Crippen molar-refractivity contribution in [1.82, 2.24) is 4.90 Å². The minimum absolute atomic E-state index is 0. The Morgan fingerprint density at radius 1 is 1.29 bits per heavy atom. The maximum Gasteiger partial charge on any atom is 0.374 e. The number of benzene rings is 1. The van der Waals surface area contributed by atoms with E-state index >= 15 is 0 Å². The van der Waals surface area contributed by atoms with Gasteiger partial charge in [0.2, 0.25) is 5.76 Å². The average Bonchev–Trinajstić information content (AvgIpc) is 2.74. The Morgan fingerprint density at radius 3 is 2.62 bits per heavy atom. The van der Waals surface area contributed by atoms with Crippen molar-refractivity contribution in [2.24, 2.45) is 0 Å². The molecule has 0 saturated heterocycles. The zero-order chi connectivity index (χ0) is 15.9. The number of likely N-dealkylation sites (N-methyl/N-ethyl adjacent to an activating group) is 1. The predicted molar refractivity (Wildman–Crippen MR) is 101 cm³/mol. The fourth-order valence-corrected chi connectivity index (χ4v) is 3.15. The fourth-order valence-electron chi connectivity index (χ4n) is 3.15. The molecule has 24 heavy (non-hydrogen) atoms. The van der Waals surface area contributed by atoms with E-state index in [0.717, 1.165) is 29.5 Å². The standard InChI is InChI=1S/C17H22N2O3.2ClH/c1-5-21-17(20)16-12-10-19(4)9-8-11-13(18(2)3)6-7-14(22-16)15(11)12;;/h6-7H,5,8-10H2,1-4H3;2*1H. The topological polar surface area (TPSA) is 45.9 Å². The maximum absolute atomic E-state index is 12.2. The first-order valence-electron chi connectivity index (χ1n) is 7.63. The molecule has 0 N–H and O–H groups in total. The second kappa shape index (κ2) is 8.10. The van der Waals surface area contributed by atoms with Crippen LogP contribution in [-0.2, 0) is 17.7 Å². The molecule has 1 aliphatic rings. The van der Waals surface area contributed by atoms with E-state index in [1.54, 1.807) is 6.92 Å². The fraction of sp³-hybridized carbons (Fsp3) is 0.471. The highest BCUT2D eigenvalue weighted by molar-refractivity contribution is 5.99. The van der Waals surface area contributed by atoms with Gasteiger partial charge in [0.15, 0.2) is 0 Å². The number of esters is 1. The second-order valence-electron chi connectivity index (χ2n) is 5.95. The van der Waals surface area contributed by atoms with Gasteiger partial charge in [0.05, 0.1) is 6.61 Å². The first-order chi connectivity index (χ1) is 10.5. The Bertz CT molecular complexity index is 728. The molecule has 0 unspecified atom stereocenters. The number of nitrogens with zero attached hydrogens (tertiary/aromatic N) is 2. The number of carbonyl (C=O) groups excluding carboxylic acids is 1. The molecule has 2 heterocycles. The van der Waals surface area contributed by atoms with E-state index in [-0.39, 0.29) is 30.8 Å². The molecule has 1 aliphatic heterocycles. The number of carbonyl (C=O) groups is 1. The van der Waals surface area contributed by atoms with Gasteiger partial charge in [-0.25, -0.2) is 4.79 Å². The lowest BCUT2D eigenvalue weighted by atomic mass is 10.0. The molecule has 134 valence electrons. The van der Waals surface area contributed by atoms with Gasteiger partial charge in [0.1, 0.15) is 5.58 Å². The molecule has 2 aromatic rings. The predicted octanol–water partition coefficient (Wildman–Crippen LogP) is 3.51. The van der Waals surface area contributed by atoms with Crippen LogP contribution >= 0.6 is 24.8 Å². The molecule has 0 atom stereocenters. The quantitative estimate of drug-likeness (QED) is 0.769. The zero-order valence-electron chi connectivity index (χ0n) is 14.4. The Labute approximate surface area is 154 Å². The number of hydrogen-bond acceptors (Lipinski definition) is 5. The molecule has 0 radical (unpaired) electrons. The molecular weight excluding hydrogens is 351 g/mol. The molecular formula is C17H24Cl2N2O3. The molecule has 7 heteroatoms. The van der Waals surface area contributed by atoms with Gasteiger partial charge in [-0.2, -0.15) is 0 Å². The van der Waals surface area contributed by atoms with Crippen molar-refractivity contribution in [3.05, 3.63) is 29.0 Å². The maximum atomic E-state index is 12.2. The van der Waals surface area contributed by atoms with Crippen LogP contribution in [-0.4, -0.2) is 45.2 Å². The molecule has 0 saturated carbocycles. The number of rotatable bonds is 3. The van der Waals surface area contributed by atoms with Crippen LogP contribution in [0.15, 0.2) is 16.5 Å². The zero-order valence-corrected chi connectivity index (χ0v) is 16.1. The summed E-state index contributed by atoms with van der Waals surface area (Å²) in [4.78, 5) is 16.5. The van der Waals surface area contributed by atoms with Crippen LogP contribution in [0.3, 0.4) is 0 Å². The van der Waals surface area contributed by atoms with E-state index in [1.807, 2.05) is 20.2 Å². The van der Waals surface area contributed by atoms with Gasteiger partial charge >= 0.3 is 5.97 Å². The highest BCUT2D eigenvalue weighted by Crippen LogP contribution is 2.37.